The van der Waals surface area contributed by atoms with E-state index >= 15 is 0 Å². The van der Waals surface area contributed by atoms with Crippen LogP contribution in [0.15, 0.2) is 24.5 Å². The molecule has 0 bridgehead atoms. The third-order valence-corrected chi connectivity index (χ3v) is 4.50. The molecule has 0 saturated carbocycles. The topological polar surface area (TPSA) is 48.9 Å². The smallest absolute Gasteiger partial charge is 0.236 e. The molecular formula is C17H26N4O2. The zero-order valence-corrected chi connectivity index (χ0v) is 14.0. The van der Waals surface area contributed by atoms with Crippen molar-refractivity contribution >= 4 is 11.6 Å². The second kappa shape index (κ2) is 7.27. The highest BCUT2D eigenvalue weighted by Crippen LogP contribution is 2.15. The molecule has 2 fully saturated rings. The van der Waals surface area contributed by atoms with E-state index in [9.17, 15) is 4.79 Å². The molecule has 1 amide bonds. The minimum absolute atomic E-state index is 0.203. The average molecular weight is 318 g/mol. The Kier molecular flexibility index (Phi) is 5.13. The van der Waals surface area contributed by atoms with Crippen LogP contribution in [0.1, 0.15) is 13.8 Å². The van der Waals surface area contributed by atoms with Gasteiger partial charge in [0.15, 0.2) is 0 Å². The van der Waals surface area contributed by atoms with Crippen molar-refractivity contribution in [2.24, 2.45) is 0 Å². The molecule has 0 spiro atoms. The van der Waals surface area contributed by atoms with Crippen LogP contribution >= 0.6 is 0 Å². The summed E-state index contributed by atoms with van der Waals surface area (Å²) in [6, 6.07) is 4.02. The van der Waals surface area contributed by atoms with E-state index in [1.807, 2.05) is 17.2 Å². The van der Waals surface area contributed by atoms with Crippen molar-refractivity contribution in [1.29, 1.82) is 0 Å². The summed E-state index contributed by atoms with van der Waals surface area (Å²) >= 11 is 0. The van der Waals surface area contributed by atoms with Gasteiger partial charge in [0.2, 0.25) is 5.91 Å². The van der Waals surface area contributed by atoms with E-state index in [0.29, 0.717) is 6.54 Å². The van der Waals surface area contributed by atoms with Crippen molar-refractivity contribution in [1.82, 2.24) is 14.8 Å². The van der Waals surface area contributed by atoms with Crippen molar-refractivity contribution in [3.63, 3.8) is 0 Å². The van der Waals surface area contributed by atoms with Gasteiger partial charge in [-0.25, -0.2) is 0 Å². The van der Waals surface area contributed by atoms with E-state index in [2.05, 4.69) is 34.7 Å². The number of amides is 1. The molecular weight excluding hydrogens is 292 g/mol. The molecule has 0 unspecified atom stereocenters. The summed E-state index contributed by atoms with van der Waals surface area (Å²) in [5.41, 5.74) is 1.13. The quantitative estimate of drug-likeness (QED) is 0.826. The molecule has 1 aromatic rings. The minimum atomic E-state index is 0.203. The summed E-state index contributed by atoms with van der Waals surface area (Å²) in [6.45, 7) is 9.62. The van der Waals surface area contributed by atoms with Crippen LogP contribution in [0.4, 0.5) is 5.69 Å². The molecule has 3 rings (SSSR count). The third kappa shape index (κ3) is 4.20. The summed E-state index contributed by atoms with van der Waals surface area (Å²) in [5, 5.41) is 0. The molecule has 0 radical (unpaired) electrons. The van der Waals surface area contributed by atoms with E-state index in [-0.39, 0.29) is 18.1 Å². The van der Waals surface area contributed by atoms with E-state index in [1.165, 1.54) is 0 Å². The molecule has 126 valence electrons. The first-order valence-electron chi connectivity index (χ1n) is 8.42. The lowest BCUT2D eigenvalue weighted by Gasteiger charge is -2.39. The number of carbonyl (C=O) groups is 1. The number of ether oxygens (including phenoxy) is 1. The van der Waals surface area contributed by atoms with Crippen LogP contribution in [-0.4, -0.2) is 78.7 Å². The maximum atomic E-state index is 12.5. The molecule has 2 aliphatic heterocycles. The summed E-state index contributed by atoms with van der Waals surface area (Å²) in [7, 11) is 0. The fraction of sp³-hybridized carbons (Fsp3) is 0.647. The number of hydrogen-bond acceptors (Lipinski definition) is 5. The molecule has 23 heavy (non-hydrogen) atoms. The lowest BCUT2D eigenvalue weighted by atomic mass is 10.2. The Bertz CT molecular complexity index is 507. The Hall–Kier alpha value is -1.66. The zero-order valence-electron chi connectivity index (χ0n) is 14.0. The second-order valence-electron chi connectivity index (χ2n) is 6.53. The van der Waals surface area contributed by atoms with E-state index in [1.54, 1.807) is 6.20 Å². The maximum Gasteiger partial charge on any atom is 0.236 e. The minimum Gasteiger partial charge on any atom is -0.373 e. The maximum absolute atomic E-state index is 12.5. The SMILES string of the molecule is C[C@@H]1CN(CC(=O)N2CCN(c3cccnc3)CC2)C[C@H](C)O1. The van der Waals surface area contributed by atoms with Gasteiger partial charge in [-0.15, -0.1) is 0 Å². The van der Waals surface area contributed by atoms with Gasteiger partial charge in [-0.05, 0) is 26.0 Å². The zero-order chi connectivity index (χ0) is 16.2. The highest BCUT2D eigenvalue weighted by atomic mass is 16.5. The molecule has 2 saturated heterocycles. The molecule has 6 heteroatoms. The summed E-state index contributed by atoms with van der Waals surface area (Å²) in [5.74, 6) is 0.233. The lowest BCUT2D eigenvalue weighted by molar-refractivity contribution is -0.136. The van der Waals surface area contributed by atoms with Gasteiger partial charge in [-0.2, -0.15) is 0 Å². The Balaban J connectivity index is 1.48. The van der Waals surface area contributed by atoms with Gasteiger partial charge in [-0.3, -0.25) is 14.7 Å². The first-order valence-corrected chi connectivity index (χ1v) is 8.42. The first-order chi connectivity index (χ1) is 11.1. The number of hydrogen-bond donors (Lipinski definition) is 0. The fourth-order valence-electron chi connectivity index (χ4n) is 3.46. The van der Waals surface area contributed by atoms with Crippen LogP contribution in [0.2, 0.25) is 0 Å². The van der Waals surface area contributed by atoms with Gasteiger partial charge in [0.25, 0.3) is 0 Å². The van der Waals surface area contributed by atoms with Crippen molar-refractivity contribution in [3.8, 4) is 0 Å². The van der Waals surface area contributed by atoms with Crippen LogP contribution in [0.5, 0.6) is 0 Å². The van der Waals surface area contributed by atoms with Gasteiger partial charge in [0, 0.05) is 45.5 Å². The molecule has 0 aromatic carbocycles. The van der Waals surface area contributed by atoms with Gasteiger partial charge in [-0.1, -0.05) is 0 Å². The van der Waals surface area contributed by atoms with Crippen molar-refractivity contribution in [2.45, 2.75) is 26.1 Å². The van der Waals surface area contributed by atoms with Crippen molar-refractivity contribution in [2.75, 3.05) is 50.7 Å². The Morgan fingerprint density at radius 1 is 1.22 bits per heavy atom. The fourth-order valence-corrected chi connectivity index (χ4v) is 3.46. The molecule has 0 N–H and O–H groups in total. The summed E-state index contributed by atoms with van der Waals surface area (Å²) in [4.78, 5) is 23.2. The monoisotopic (exact) mass is 318 g/mol. The number of carbonyl (C=O) groups excluding carboxylic acids is 1. The van der Waals surface area contributed by atoms with Crippen LogP contribution < -0.4 is 4.90 Å². The first kappa shape index (κ1) is 16.2. The predicted octanol–water partition coefficient (Wildman–Crippen LogP) is 0.839. The summed E-state index contributed by atoms with van der Waals surface area (Å²) in [6.07, 6.45) is 4.07. The molecule has 0 aliphatic carbocycles. The standard InChI is InChI=1S/C17H26N4O2/c1-14-11-19(12-15(2)23-14)13-17(22)21-8-6-20(7-9-21)16-4-3-5-18-10-16/h3-5,10,14-15H,6-9,11-13H2,1-2H3/t14-,15+. The van der Waals surface area contributed by atoms with Crippen molar-refractivity contribution < 1.29 is 9.53 Å². The van der Waals surface area contributed by atoms with E-state index < -0.39 is 0 Å². The average Bonchev–Trinajstić information content (AvgIpc) is 2.55. The van der Waals surface area contributed by atoms with Crippen molar-refractivity contribution in [3.05, 3.63) is 24.5 Å². The van der Waals surface area contributed by atoms with Crippen LogP contribution in [0.25, 0.3) is 0 Å². The van der Waals surface area contributed by atoms with Gasteiger partial charge >= 0.3 is 0 Å². The number of piperazine rings is 1. The molecule has 2 atom stereocenters. The van der Waals surface area contributed by atoms with Crippen LogP contribution in [0.3, 0.4) is 0 Å². The highest BCUT2D eigenvalue weighted by molar-refractivity contribution is 5.78. The van der Waals surface area contributed by atoms with Crippen LogP contribution in [-0.2, 0) is 9.53 Å². The van der Waals surface area contributed by atoms with Crippen LogP contribution in [0, 0.1) is 0 Å². The molecule has 3 heterocycles. The second-order valence-corrected chi connectivity index (χ2v) is 6.53. The lowest BCUT2D eigenvalue weighted by Crippen LogP contribution is -2.54. The predicted molar refractivity (Wildman–Crippen MR) is 89.5 cm³/mol. The molecule has 6 nitrogen and oxygen atoms in total. The molecule has 1 aromatic heterocycles. The number of morpholine rings is 1. The number of anilines is 1. The van der Waals surface area contributed by atoms with E-state index in [0.717, 1.165) is 45.0 Å². The number of aromatic nitrogens is 1. The van der Waals surface area contributed by atoms with Gasteiger partial charge in [0.1, 0.15) is 0 Å². The number of rotatable bonds is 3. The number of nitrogens with zero attached hydrogens (tertiary/aromatic N) is 4. The number of pyridine rings is 1. The van der Waals surface area contributed by atoms with Gasteiger partial charge < -0.3 is 14.5 Å². The normalized spacial score (nSPS) is 26.3. The Labute approximate surface area is 138 Å². The van der Waals surface area contributed by atoms with E-state index in [4.69, 9.17) is 4.74 Å². The third-order valence-electron chi connectivity index (χ3n) is 4.50. The Morgan fingerprint density at radius 3 is 2.52 bits per heavy atom. The summed E-state index contributed by atoms with van der Waals surface area (Å²) < 4.78 is 5.73. The molecule has 2 aliphatic rings. The largest absolute Gasteiger partial charge is 0.373 e. The van der Waals surface area contributed by atoms with Gasteiger partial charge in [0.05, 0.1) is 30.6 Å². The Morgan fingerprint density at radius 2 is 1.91 bits per heavy atom. The highest BCUT2D eigenvalue weighted by Gasteiger charge is 2.27.